The summed E-state index contributed by atoms with van der Waals surface area (Å²) in [5, 5.41) is 3.73. The van der Waals surface area contributed by atoms with Crippen molar-refractivity contribution in [3.8, 4) is 62.1 Å². The van der Waals surface area contributed by atoms with Crippen molar-refractivity contribution in [2.45, 2.75) is 59.2 Å². The number of hydrogen-bond donors (Lipinski definition) is 0. The average Bonchev–Trinajstić information content (AvgIpc) is 2.63. The van der Waals surface area contributed by atoms with Gasteiger partial charge in [0.25, 0.3) is 6.33 Å². The minimum Gasteiger partial charge on any atom is -0.510 e. The Morgan fingerprint density at radius 2 is 1.34 bits per heavy atom. The van der Waals surface area contributed by atoms with Crippen molar-refractivity contribution in [2.24, 2.45) is 0 Å². The molecular formula is C69H54N4O2Pt-2. The third kappa shape index (κ3) is 8.42. The second kappa shape index (κ2) is 18.8. The van der Waals surface area contributed by atoms with E-state index in [0.29, 0.717) is 28.2 Å². The van der Waals surface area contributed by atoms with E-state index in [4.69, 9.17) is 25.1 Å². The Morgan fingerprint density at radius 1 is 0.605 bits per heavy atom. The number of fused-ring (bicyclic) bond motifs is 7. The first-order chi connectivity index (χ1) is 39.6. The van der Waals surface area contributed by atoms with E-state index in [1.165, 1.54) is 17.8 Å². The molecule has 0 saturated carbocycles. The molecule has 0 unspecified atom stereocenters. The second-order valence-electron chi connectivity index (χ2n) is 21.1. The maximum atomic E-state index is 8.67. The fraction of sp³-hybridized carbons (Fsp3) is 0.130. The van der Waals surface area contributed by atoms with Gasteiger partial charge in [-0.25, -0.2) is 4.98 Å². The van der Waals surface area contributed by atoms with E-state index in [-0.39, 0.29) is 54.4 Å². The van der Waals surface area contributed by atoms with Crippen LogP contribution in [0, 0.1) is 25.3 Å². The quantitative estimate of drug-likeness (QED) is 0.113. The van der Waals surface area contributed by atoms with E-state index in [9.17, 15) is 0 Å². The number of furan rings is 1. The summed E-state index contributed by atoms with van der Waals surface area (Å²) in [6.07, 6.45) is 5.10. The molecule has 0 radical (unpaired) electrons. The van der Waals surface area contributed by atoms with Gasteiger partial charge in [-0.2, -0.15) is 18.2 Å². The standard InChI is InChI=1S/C69H54N4O2.Pt/c1-44-35-65(70-42-58(44)46-23-12-9-13-24-46)73-60-29-16-14-27-52(60)53-34-33-51(41-63(53)73)74-50-26-20-25-49(40-50)71-43-72(62-31-18-17-30-61(62)71)66-55(38-48(68(2,3)4)39-59(66)69(5,6)7)47-36-56(45-21-10-8-11-22-45)67-57(37-47)54-28-15-19-32-64(54)75-67;/h8-39,42H,1-7H3;/q-2;/i1D3,9D,12D,13D,23D,24D;. The Hall–Kier alpha value is -8.31. The van der Waals surface area contributed by atoms with Gasteiger partial charge in [0.15, 0.2) is 0 Å². The van der Waals surface area contributed by atoms with E-state index < -0.39 is 37.1 Å². The SMILES string of the molecule is [2H]c1c([2H])c([2H])c(-c2cnc(-n3c4[c-]c(Oc5[c-]c(-n6[c-][n+](-c7c(-c8cc(-c9ccccc9)c9oc%10ccccc%10c9c8)cc(C(C)(C)C)cc7C(C)(C)C)c7ccccc76)ccc5)ccc4c4ccccc43)cc2C([2H])([2H])[2H])c([2H])c1[2H].[Pt]. The van der Waals surface area contributed by atoms with Crippen molar-refractivity contribution in [1.29, 1.82) is 0 Å². The molecule has 0 aliphatic heterocycles. The van der Waals surface area contributed by atoms with Crippen LogP contribution in [0.5, 0.6) is 11.5 Å². The van der Waals surface area contributed by atoms with Crippen molar-refractivity contribution in [2.75, 3.05) is 0 Å². The zero-order chi connectivity index (χ0) is 58.0. The molecule has 0 spiro atoms. The van der Waals surface area contributed by atoms with Gasteiger partial charge < -0.3 is 18.3 Å². The Bertz CT molecular complexity index is 4770. The largest absolute Gasteiger partial charge is 0.510 e. The van der Waals surface area contributed by atoms with Gasteiger partial charge in [-0.15, -0.1) is 29.7 Å². The molecule has 13 rings (SSSR count). The number of ether oxygens (including phenoxy) is 1. The van der Waals surface area contributed by atoms with Crippen molar-refractivity contribution in [3.05, 3.63) is 235 Å². The molecule has 0 atom stereocenters. The monoisotopic (exact) mass is 1170 g/mol. The molecule has 0 N–H and O–H groups in total. The van der Waals surface area contributed by atoms with Crippen LogP contribution in [0.25, 0.3) is 105 Å². The van der Waals surface area contributed by atoms with Gasteiger partial charge in [-0.3, -0.25) is 4.57 Å². The van der Waals surface area contributed by atoms with Gasteiger partial charge in [0.1, 0.15) is 17.0 Å². The first-order valence-corrected chi connectivity index (χ1v) is 25.0. The van der Waals surface area contributed by atoms with Crippen LogP contribution in [-0.4, -0.2) is 14.1 Å². The molecule has 0 aliphatic carbocycles. The van der Waals surface area contributed by atoms with Crippen LogP contribution in [-0.2, 0) is 31.9 Å². The number of rotatable bonds is 8. The summed E-state index contributed by atoms with van der Waals surface area (Å²) < 4.78 is 87.3. The minimum absolute atomic E-state index is 0. The van der Waals surface area contributed by atoms with Gasteiger partial charge in [0.2, 0.25) is 0 Å². The van der Waals surface area contributed by atoms with Crippen LogP contribution >= 0.6 is 0 Å². The molecule has 374 valence electrons. The zero-order valence-corrected chi connectivity index (χ0v) is 44.9. The van der Waals surface area contributed by atoms with Crippen molar-refractivity contribution >= 4 is 54.8 Å². The maximum absolute atomic E-state index is 8.67. The number of benzene rings is 9. The summed E-state index contributed by atoms with van der Waals surface area (Å²) in [6, 6.07) is 59.0. The third-order valence-corrected chi connectivity index (χ3v) is 14.1. The third-order valence-electron chi connectivity index (χ3n) is 14.1. The average molecular weight is 1170 g/mol. The van der Waals surface area contributed by atoms with Crippen LogP contribution in [0.4, 0.5) is 0 Å². The van der Waals surface area contributed by atoms with Crippen LogP contribution in [0.1, 0.15) is 69.2 Å². The van der Waals surface area contributed by atoms with Gasteiger partial charge in [0, 0.05) is 70.3 Å². The Balaban J connectivity index is 0.00000694. The van der Waals surface area contributed by atoms with Gasteiger partial charge in [0.05, 0.1) is 23.6 Å². The van der Waals surface area contributed by atoms with Crippen LogP contribution < -0.4 is 9.30 Å². The van der Waals surface area contributed by atoms with E-state index >= 15 is 0 Å². The second-order valence-corrected chi connectivity index (χ2v) is 21.1. The Morgan fingerprint density at radius 3 is 2.13 bits per heavy atom. The Labute approximate surface area is 469 Å². The normalized spacial score (nSPS) is 13.7. The number of nitrogens with zero attached hydrogens (tertiary/aromatic N) is 4. The fourth-order valence-corrected chi connectivity index (χ4v) is 10.4. The molecule has 6 nitrogen and oxygen atoms in total. The molecule has 76 heavy (non-hydrogen) atoms. The molecule has 0 fully saturated rings. The summed E-state index contributed by atoms with van der Waals surface area (Å²) in [5.41, 5.74) is 11.9. The summed E-state index contributed by atoms with van der Waals surface area (Å²) in [4.78, 5) is 4.73. The molecule has 4 aromatic heterocycles. The first kappa shape index (κ1) is 40.1. The van der Waals surface area contributed by atoms with E-state index in [1.54, 1.807) is 4.57 Å². The molecular weight excluding hydrogens is 1110 g/mol. The number of hydrogen-bond acceptors (Lipinski definition) is 3. The predicted octanol–water partition coefficient (Wildman–Crippen LogP) is 17.4. The number of imidazole rings is 1. The first-order valence-electron chi connectivity index (χ1n) is 29.0. The molecule has 13 aromatic rings. The van der Waals surface area contributed by atoms with Crippen LogP contribution in [0.2, 0.25) is 0 Å². The molecule has 7 heteroatoms. The fourth-order valence-electron chi connectivity index (χ4n) is 10.4. The molecule has 0 amide bonds. The molecule has 0 aliphatic rings. The number of aromatic nitrogens is 4. The summed E-state index contributed by atoms with van der Waals surface area (Å²) in [5.74, 6) is 0.986. The van der Waals surface area contributed by atoms with E-state index in [0.717, 1.165) is 77.2 Å². The maximum Gasteiger partial charge on any atom is 0.268 e. The van der Waals surface area contributed by atoms with Gasteiger partial charge in [-0.05, 0) is 98.0 Å². The molecule has 9 aromatic carbocycles. The van der Waals surface area contributed by atoms with Gasteiger partial charge >= 0.3 is 0 Å². The molecule has 0 saturated heterocycles. The predicted molar refractivity (Wildman–Crippen MR) is 306 cm³/mol. The van der Waals surface area contributed by atoms with E-state index in [2.05, 4.69) is 143 Å². The summed E-state index contributed by atoms with van der Waals surface area (Å²) >= 11 is 0. The van der Waals surface area contributed by atoms with Gasteiger partial charge in [-0.1, -0.05) is 180 Å². The number of pyridine rings is 1. The topological polar surface area (TPSA) is 49.0 Å². The van der Waals surface area contributed by atoms with E-state index in [1.807, 2.05) is 83.4 Å². The summed E-state index contributed by atoms with van der Waals surface area (Å²) in [6.45, 7) is 10.8. The number of para-hydroxylation sites is 4. The van der Waals surface area contributed by atoms with Crippen molar-refractivity contribution < 1.29 is 45.8 Å². The van der Waals surface area contributed by atoms with Crippen molar-refractivity contribution in [3.63, 3.8) is 0 Å². The zero-order valence-electron chi connectivity index (χ0n) is 50.6. The van der Waals surface area contributed by atoms with Crippen LogP contribution in [0.3, 0.4) is 0 Å². The van der Waals surface area contributed by atoms with Crippen molar-refractivity contribution in [1.82, 2.24) is 14.1 Å². The minimum atomic E-state index is -2.76. The molecule has 4 heterocycles. The summed E-state index contributed by atoms with van der Waals surface area (Å²) in [7, 11) is 0. The number of aryl methyl sites for hydroxylation is 1. The van der Waals surface area contributed by atoms with Crippen LogP contribution in [0.15, 0.2) is 205 Å². The molecule has 0 bridgehead atoms. The smallest absolute Gasteiger partial charge is 0.268 e. The Kier molecular flexibility index (Phi) is 9.91.